The van der Waals surface area contributed by atoms with E-state index in [2.05, 4.69) is 6.58 Å². The number of benzene rings is 2. The van der Waals surface area contributed by atoms with E-state index >= 15 is 0 Å². The molecule has 1 heterocycles. The third-order valence-corrected chi connectivity index (χ3v) is 2.99. The highest BCUT2D eigenvalue weighted by atomic mass is 16.4. The number of carboxylic acids is 1. The number of aromatic hydroxyl groups is 1. The summed E-state index contributed by atoms with van der Waals surface area (Å²) in [5, 5.41) is 17.8. The van der Waals surface area contributed by atoms with Crippen LogP contribution in [0.1, 0.15) is 0 Å². The Bertz CT molecular complexity index is 894. The van der Waals surface area contributed by atoms with Gasteiger partial charge in [0.1, 0.15) is 11.3 Å². The largest absolute Gasteiger partial charge is 0.508 e. The van der Waals surface area contributed by atoms with Crippen molar-refractivity contribution in [3.05, 3.63) is 77.7 Å². The maximum Gasteiger partial charge on any atom is 0.336 e. The molecule has 0 saturated carbocycles. The predicted octanol–water partition coefficient (Wildman–Crippen LogP) is 3.42. The highest BCUT2D eigenvalue weighted by Crippen LogP contribution is 2.28. The minimum atomic E-state index is -0.981. The fraction of sp³-hybridized carbons (Fsp3) is 0. The second-order valence-corrected chi connectivity index (χ2v) is 4.57. The summed E-state index contributed by atoms with van der Waals surface area (Å²) in [6.07, 6.45) is 0.833. The lowest BCUT2D eigenvalue weighted by Gasteiger charge is -2.05. The fourth-order valence-electron chi connectivity index (χ4n) is 2.01. The van der Waals surface area contributed by atoms with Gasteiger partial charge in [0, 0.05) is 23.6 Å². The van der Waals surface area contributed by atoms with E-state index in [-0.39, 0.29) is 5.75 Å². The molecule has 0 spiro atoms. The topological polar surface area (TPSA) is 87.7 Å². The third-order valence-electron chi connectivity index (χ3n) is 2.99. The van der Waals surface area contributed by atoms with E-state index in [4.69, 9.17) is 9.52 Å². The molecule has 23 heavy (non-hydrogen) atoms. The molecular weight excluding hydrogens is 296 g/mol. The zero-order chi connectivity index (χ0) is 16.8. The molecule has 116 valence electrons. The molecule has 0 saturated heterocycles. The summed E-state index contributed by atoms with van der Waals surface area (Å²) in [4.78, 5) is 20.8. The number of aliphatic carboxylic acids is 1. The Morgan fingerprint density at radius 1 is 1.09 bits per heavy atom. The summed E-state index contributed by atoms with van der Waals surface area (Å²) < 4.78 is 5.09. The van der Waals surface area contributed by atoms with E-state index in [0.29, 0.717) is 5.58 Å². The van der Waals surface area contributed by atoms with E-state index < -0.39 is 11.6 Å². The van der Waals surface area contributed by atoms with Gasteiger partial charge in [-0.05, 0) is 23.3 Å². The van der Waals surface area contributed by atoms with Gasteiger partial charge in [-0.2, -0.15) is 0 Å². The minimum absolute atomic E-state index is 0.0795. The Morgan fingerprint density at radius 3 is 2.35 bits per heavy atom. The molecule has 3 rings (SSSR count). The number of carbonyl (C=O) groups is 1. The molecule has 0 aliphatic rings. The first-order valence-electron chi connectivity index (χ1n) is 6.69. The monoisotopic (exact) mass is 310 g/mol. The molecule has 0 radical (unpaired) electrons. The Balaban J connectivity index is 0.000000338. The van der Waals surface area contributed by atoms with Gasteiger partial charge in [-0.1, -0.05) is 36.9 Å². The molecule has 0 fully saturated rings. The summed E-state index contributed by atoms with van der Waals surface area (Å²) >= 11 is 0. The first-order valence-corrected chi connectivity index (χ1v) is 6.69. The van der Waals surface area contributed by atoms with Crippen LogP contribution in [0, 0.1) is 0 Å². The first-order chi connectivity index (χ1) is 11.0. The Labute approximate surface area is 131 Å². The van der Waals surface area contributed by atoms with Gasteiger partial charge >= 0.3 is 11.6 Å². The molecule has 0 amide bonds. The smallest absolute Gasteiger partial charge is 0.336 e. The van der Waals surface area contributed by atoms with Crippen LogP contribution in [0.3, 0.4) is 0 Å². The van der Waals surface area contributed by atoms with Gasteiger partial charge < -0.3 is 14.6 Å². The van der Waals surface area contributed by atoms with Crippen LogP contribution < -0.4 is 5.63 Å². The van der Waals surface area contributed by atoms with Crippen molar-refractivity contribution in [3.63, 3.8) is 0 Å². The Morgan fingerprint density at radius 2 is 1.74 bits per heavy atom. The highest BCUT2D eigenvalue weighted by Gasteiger charge is 2.07. The molecule has 2 N–H and O–H groups in total. The van der Waals surface area contributed by atoms with Crippen molar-refractivity contribution in [1.29, 1.82) is 0 Å². The van der Waals surface area contributed by atoms with Gasteiger partial charge in [0.25, 0.3) is 0 Å². The number of hydrogen-bond donors (Lipinski definition) is 2. The molecule has 3 aromatic rings. The molecule has 0 aliphatic heterocycles. The SMILES string of the molecule is C=CC(=O)O.O=c1cc(-c2ccccc2)c2ccc(O)cc2o1. The normalized spacial score (nSPS) is 9.74. The zero-order valence-electron chi connectivity index (χ0n) is 12.1. The molecule has 0 bridgehead atoms. The van der Waals surface area contributed by atoms with E-state index in [1.807, 2.05) is 30.3 Å². The van der Waals surface area contributed by atoms with E-state index in [1.54, 1.807) is 12.1 Å². The molecule has 0 atom stereocenters. The van der Waals surface area contributed by atoms with Crippen molar-refractivity contribution in [3.8, 4) is 16.9 Å². The van der Waals surface area contributed by atoms with E-state index in [9.17, 15) is 14.7 Å². The average Bonchev–Trinajstić information content (AvgIpc) is 2.55. The van der Waals surface area contributed by atoms with Crippen molar-refractivity contribution >= 4 is 16.9 Å². The van der Waals surface area contributed by atoms with Crippen molar-refractivity contribution in [2.75, 3.05) is 0 Å². The van der Waals surface area contributed by atoms with Gasteiger partial charge in [0.05, 0.1) is 0 Å². The van der Waals surface area contributed by atoms with Crippen molar-refractivity contribution in [2.45, 2.75) is 0 Å². The number of phenolic OH excluding ortho intramolecular Hbond substituents is 1. The molecule has 1 aromatic heterocycles. The summed E-state index contributed by atoms with van der Waals surface area (Å²) in [5.74, 6) is -0.902. The van der Waals surface area contributed by atoms with Gasteiger partial charge in [0.2, 0.25) is 0 Å². The van der Waals surface area contributed by atoms with Gasteiger partial charge in [-0.15, -0.1) is 0 Å². The zero-order valence-corrected chi connectivity index (χ0v) is 12.1. The molecular formula is C18H14O5. The fourth-order valence-corrected chi connectivity index (χ4v) is 2.01. The predicted molar refractivity (Wildman–Crippen MR) is 87.4 cm³/mol. The second kappa shape index (κ2) is 7.09. The van der Waals surface area contributed by atoms with Gasteiger partial charge in [0.15, 0.2) is 0 Å². The average molecular weight is 310 g/mol. The highest BCUT2D eigenvalue weighted by molar-refractivity contribution is 5.93. The van der Waals surface area contributed by atoms with Gasteiger partial charge in [-0.25, -0.2) is 9.59 Å². The number of hydrogen-bond acceptors (Lipinski definition) is 4. The summed E-state index contributed by atoms with van der Waals surface area (Å²) in [6.45, 7) is 2.96. The molecule has 5 heteroatoms. The molecule has 0 unspecified atom stereocenters. The van der Waals surface area contributed by atoms with Crippen LogP contribution in [0.2, 0.25) is 0 Å². The standard InChI is InChI=1S/C15H10O3.C3H4O2/c16-11-6-7-12-13(10-4-2-1-3-5-10)9-15(17)18-14(12)8-11;1-2-3(4)5/h1-9,16H;2H,1H2,(H,4,5). The van der Waals surface area contributed by atoms with Crippen LogP contribution in [-0.2, 0) is 4.79 Å². The maximum atomic E-state index is 11.5. The van der Waals surface area contributed by atoms with Crippen molar-refractivity contribution in [2.24, 2.45) is 0 Å². The molecule has 0 aliphatic carbocycles. The van der Waals surface area contributed by atoms with Crippen LogP contribution in [-0.4, -0.2) is 16.2 Å². The van der Waals surface area contributed by atoms with Crippen LogP contribution in [0.4, 0.5) is 0 Å². The maximum absolute atomic E-state index is 11.5. The number of fused-ring (bicyclic) bond motifs is 1. The summed E-state index contributed by atoms with van der Waals surface area (Å²) in [7, 11) is 0. The lowest BCUT2D eigenvalue weighted by molar-refractivity contribution is -0.131. The van der Waals surface area contributed by atoms with Crippen LogP contribution in [0.25, 0.3) is 22.1 Å². The first kappa shape index (κ1) is 16.0. The second-order valence-electron chi connectivity index (χ2n) is 4.57. The van der Waals surface area contributed by atoms with E-state index in [1.165, 1.54) is 12.1 Å². The Hall–Kier alpha value is -3.34. The van der Waals surface area contributed by atoms with Crippen LogP contribution >= 0.6 is 0 Å². The molecule has 5 nitrogen and oxygen atoms in total. The Kier molecular flexibility index (Phi) is 4.94. The minimum Gasteiger partial charge on any atom is -0.508 e. The summed E-state index contributed by atoms with van der Waals surface area (Å²) in [5.41, 5.74) is 1.72. The quantitative estimate of drug-likeness (QED) is 0.559. The van der Waals surface area contributed by atoms with Crippen molar-refractivity contribution < 1.29 is 19.4 Å². The summed E-state index contributed by atoms with van der Waals surface area (Å²) in [6, 6.07) is 15.8. The lowest BCUT2D eigenvalue weighted by Crippen LogP contribution is -1.97. The van der Waals surface area contributed by atoms with Crippen molar-refractivity contribution in [1.82, 2.24) is 0 Å². The third kappa shape index (κ3) is 4.07. The van der Waals surface area contributed by atoms with Gasteiger partial charge in [-0.3, -0.25) is 0 Å². The number of rotatable bonds is 2. The lowest BCUT2D eigenvalue weighted by atomic mass is 10.0. The number of phenols is 1. The van der Waals surface area contributed by atoms with E-state index in [0.717, 1.165) is 22.6 Å². The van der Waals surface area contributed by atoms with Crippen LogP contribution in [0.15, 0.2) is 76.5 Å². The molecule has 2 aromatic carbocycles. The number of carboxylic acid groups (broad SMARTS) is 1. The van der Waals surface area contributed by atoms with Crippen LogP contribution in [0.5, 0.6) is 5.75 Å².